The van der Waals surface area contributed by atoms with Crippen LogP contribution in [0.1, 0.15) is 77.6 Å². The summed E-state index contributed by atoms with van der Waals surface area (Å²) in [4.78, 5) is 34.7. The van der Waals surface area contributed by atoms with E-state index in [0.717, 1.165) is 100 Å². The van der Waals surface area contributed by atoms with Crippen molar-refractivity contribution < 1.29 is 74.8 Å². The maximum Gasteiger partial charge on any atom is 0.213 e. The molecule has 502 valence electrons. The normalized spacial score (nSPS) is 11.2. The molecule has 0 aliphatic rings. The molecule has 0 radical (unpaired) electrons. The Morgan fingerprint density at radius 3 is 0.722 bits per heavy atom. The van der Waals surface area contributed by atoms with Gasteiger partial charge in [-0.25, -0.2) is 92.6 Å². The number of oxazole rings is 4. The van der Waals surface area contributed by atoms with Crippen molar-refractivity contribution in [2.75, 3.05) is 0 Å². The number of fused-ring (bicyclic) bond motifs is 8. The van der Waals surface area contributed by atoms with E-state index in [1.807, 2.05) is 79.7 Å². The highest BCUT2D eigenvalue weighted by molar-refractivity contribution is 7.21. The molecule has 0 saturated carbocycles. The quantitative estimate of drug-likeness (QED) is 0.111. The van der Waals surface area contributed by atoms with Crippen molar-refractivity contribution in [2.45, 2.75) is 96.9 Å². The Morgan fingerprint density at radius 2 is 0.454 bits per heavy atom. The number of nitrogens with zero attached hydrogens (tertiary/aromatic N) is 10. The predicted molar refractivity (Wildman–Crippen MR) is 347 cm³/mol. The molecular weight excluding hydrogens is 1370 g/mol. The lowest BCUT2D eigenvalue weighted by Gasteiger charge is -2.13. The van der Waals surface area contributed by atoms with Crippen LogP contribution in [0, 0.1) is 167 Å². The fraction of sp³-hybridized carbons (Fsp3) is 0.212. The Morgan fingerprint density at radius 1 is 0.227 bits per heavy atom. The van der Waals surface area contributed by atoms with Crippen molar-refractivity contribution in [3.8, 4) is 11.1 Å². The van der Waals surface area contributed by atoms with Gasteiger partial charge in [-0.3, -0.25) is 0 Å². The molecule has 0 spiro atoms. The smallest absolute Gasteiger partial charge is 0.213 e. The lowest BCUT2D eigenvalue weighted by Crippen LogP contribution is -2.09. The summed E-state index contributed by atoms with van der Waals surface area (Å²) in [6.45, 7) is 22.3. The molecule has 9 aromatic heterocycles. The topological polar surface area (TPSA) is 195 Å². The van der Waals surface area contributed by atoms with Gasteiger partial charge in [-0.15, -0.1) is 55.5 Å². The lowest BCUT2D eigenvalue weighted by molar-refractivity contribution is 0.433. The predicted octanol–water partition coefficient (Wildman–Crippen LogP) is 20.8. The number of benzene rings is 7. The molecule has 9 heterocycles. The highest BCUT2D eigenvalue weighted by Gasteiger charge is 2.32. The van der Waals surface area contributed by atoms with Crippen molar-refractivity contribution in [3.63, 3.8) is 0 Å². The molecule has 0 aliphatic carbocycles. The lowest BCUT2D eigenvalue weighted by atomic mass is 9.98. The highest BCUT2D eigenvalue weighted by Crippen LogP contribution is 2.39. The molecule has 0 N–H and O–H groups in total. The van der Waals surface area contributed by atoms with E-state index in [9.17, 15) is 52.7 Å². The van der Waals surface area contributed by atoms with Crippen molar-refractivity contribution in [3.05, 3.63) is 196 Å². The third-order valence-corrected chi connectivity index (χ3v) is 17.7. The minimum Gasteiger partial charge on any atom is -0.441 e. The molecule has 16 aromatic rings. The SMILES string of the molecule is Cc1c(F)c(F)c(-c2c(F)c(F)c(C)c(F)c2F)c(F)c1F.Cc1c(F)c(F)c(C)c(F)c1F.Cc1nc2cc3nc(C)oc3cc2o1.Cc1nc2cc3nc(C)sc3cc2s1.Cc1nc2cc3oc(C)nc3cc2o1.Cc1nc2cc3sc(C)nc3cc2s1.Cc1nnc(C)o1. The molecule has 0 aliphatic heterocycles. The molecule has 97 heavy (non-hydrogen) atoms. The summed E-state index contributed by atoms with van der Waals surface area (Å²) in [7, 11) is 0. The summed E-state index contributed by atoms with van der Waals surface area (Å²) >= 11 is 6.95. The van der Waals surface area contributed by atoms with Gasteiger partial charge in [-0.05, 0) is 85.7 Å². The molecule has 0 fully saturated rings. The maximum atomic E-state index is 13.8. The third-order valence-electron chi connectivity index (χ3n) is 14.0. The van der Waals surface area contributed by atoms with Gasteiger partial charge in [0.15, 0.2) is 116 Å². The fourth-order valence-corrected chi connectivity index (χ4v) is 12.9. The molecule has 0 atom stereocenters. The van der Waals surface area contributed by atoms with E-state index >= 15 is 0 Å². The third kappa shape index (κ3) is 14.8. The summed E-state index contributed by atoms with van der Waals surface area (Å²) < 4.78 is 191. The summed E-state index contributed by atoms with van der Waals surface area (Å²) in [6.07, 6.45) is 0. The van der Waals surface area contributed by atoms with E-state index in [0.29, 0.717) is 49.2 Å². The van der Waals surface area contributed by atoms with Crippen LogP contribution in [-0.4, -0.2) is 50.1 Å². The molecule has 0 amide bonds. The van der Waals surface area contributed by atoms with Crippen LogP contribution in [0.25, 0.3) is 96.4 Å². The Hall–Kier alpha value is -9.72. The average molecular weight is 1420 g/mol. The van der Waals surface area contributed by atoms with Crippen molar-refractivity contribution >= 4 is 131 Å². The molecular formula is C66H50F12N10O5S4. The minimum absolute atomic E-state index is 0.623. The van der Waals surface area contributed by atoms with Gasteiger partial charge in [0, 0.05) is 82.0 Å². The van der Waals surface area contributed by atoms with E-state index < -0.39 is 103 Å². The molecule has 31 heteroatoms. The number of aromatic nitrogens is 10. The summed E-state index contributed by atoms with van der Waals surface area (Å²) in [5.41, 5.74) is 3.49. The standard InChI is InChI=1S/C14H6F8.2C10H8N2O2.2C10H8N2S2.C8H6F4.C4H6N2O/c1-3-7(15)11(19)5(12(20)8(3)16)6-13(21)9(17)4(2)10(18)14(6)22;1-5-11-7-3-10-8(4-9(7)13-5)12-6(2)14-10;1-5-11-7-3-8-10(4-9(7)13-5)14-6(2)12-8;1-5-11-7-3-10-8(4-9(7)13-5)12-6(2)14-10;1-5-11-7-3-8-10(4-9(7)13-5)14-6(2)12-8;1-3-5(9)7(11)4(2)8(12)6(3)10;1-3-5-6-4(2)7-3/h1-2H3;4*3-4H,1-2H3;1-2H3;1-2H3. The first-order valence-corrected chi connectivity index (χ1v) is 31.8. The van der Waals surface area contributed by atoms with Gasteiger partial charge in [0.2, 0.25) is 11.8 Å². The first-order valence-electron chi connectivity index (χ1n) is 28.5. The highest BCUT2D eigenvalue weighted by atomic mass is 32.1. The van der Waals surface area contributed by atoms with Crippen LogP contribution >= 0.6 is 45.3 Å². The van der Waals surface area contributed by atoms with E-state index in [-0.39, 0.29) is 0 Å². The second kappa shape index (κ2) is 28.2. The molecule has 0 bridgehead atoms. The van der Waals surface area contributed by atoms with Crippen LogP contribution in [0.5, 0.6) is 0 Å². The minimum atomic E-state index is -2.16. The summed E-state index contributed by atoms with van der Waals surface area (Å²) in [5, 5.41) is 11.7. The van der Waals surface area contributed by atoms with Gasteiger partial charge >= 0.3 is 0 Å². The van der Waals surface area contributed by atoms with Gasteiger partial charge < -0.3 is 22.1 Å². The van der Waals surface area contributed by atoms with Gasteiger partial charge in [0.05, 0.1) is 72.0 Å². The second-order valence-corrected chi connectivity index (χ2v) is 26.3. The number of aryl methyl sites for hydroxylation is 10. The Labute approximate surface area is 556 Å². The monoisotopic (exact) mass is 1420 g/mol. The largest absolute Gasteiger partial charge is 0.441 e. The van der Waals surface area contributed by atoms with Gasteiger partial charge in [-0.1, -0.05) is 0 Å². The zero-order valence-corrected chi connectivity index (χ0v) is 56.6. The van der Waals surface area contributed by atoms with E-state index in [1.165, 1.54) is 18.8 Å². The molecule has 16 rings (SSSR count). The fourth-order valence-electron chi connectivity index (χ4n) is 9.49. The first-order chi connectivity index (χ1) is 45.7. The maximum absolute atomic E-state index is 13.8. The van der Waals surface area contributed by atoms with Gasteiger partial charge in [0.1, 0.15) is 22.1 Å². The van der Waals surface area contributed by atoms with Gasteiger partial charge in [-0.2, -0.15) is 0 Å². The molecule has 7 aromatic carbocycles. The summed E-state index contributed by atoms with van der Waals surface area (Å²) in [5.74, 6) is -17.7. The first kappa shape index (κ1) is 70.1. The Bertz CT molecular complexity index is 4580. The van der Waals surface area contributed by atoms with Crippen LogP contribution in [-0.2, 0) is 0 Å². The number of rotatable bonds is 1. The van der Waals surface area contributed by atoms with Crippen molar-refractivity contribution in [1.29, 1.82) is 0 Å². The second-order valence-electron chi connectivity index (χ2n) is 21.4. The van der Waals surface area contributed by atoms with Crippen LogP contribution < -0.4 is 0 Å². The Kier molecular flexibility index (Phi) is 20.3. The van der Waals surface area contributed by atoms with Crippen LogP contribution in [0.3, 0.4) is 0 Å². The van der Waals surface area contributed by atoms with Crippen molar-refractivity contribution in [1.82, 2.24) is 50.1 Å². The van der Waals surface area contributed by atoms with Gasteiger partial charge in [0.25, 0.3) is 0 Å². The van der Waals surface area contributed by atoms with Crippen molar-refractivity contribution in [2.24, 2.45) is 0 Å². The number of thiazole rings is 4. The van der Waals surface area contributed by atoms with Crippen LogP contribution in [0.2, 0.25) is 0 Å². The average Bonchev–Trinajstić information content (AvgIpc) is 1.74. The zero-order valence-electron chi connectivity index (χ0n) is 53.3. The molecule has 0 saturated heterocycles. The zero-order chi connectivity index (χ0) is 70.5. The number of hydrogen-bond donors (Lipinski definition) is 0. The van der Waals surface area contributed by atoms with E-state index in [1.54, 1.807) is 59.2 Å². The number of hydrogen-bond acceptors (Lipinski definition) is 19. The molecule has 15 nitrogen and oxygen atoms in total. The van der Waals surface area contributed by atoms with E-state index in [4.69, 9.17) is 22.1 Å². The van der Waals surface area contributed by atoms with E-state index in [2.05, 4.69) is 74.3 Å². The molecule has 0 unspecified atom stereocenters. The summed E-state index contributed by atoms with van der Waals surface area (Å²) in [6, 6.07) is 15.9. The number of halogens is 12. The van der Waals surface area contributed by atoms with Crippen LogP contribution in [0.15, 0.2) is 70.6 Å². The Balaban J connectivity index is 0.000000125. The van der Waals surface area contributed by atoms with Crippen LogP contribution in [0.4, 0.5) is 52.7 Å².